The summed E-state index contributed by atoms with van der Waals surface area (Å²) in [7, 11) is 0. The van der Waals surface area contributed by atoms with Gasteiger partial charge in [0.2, 0.25) is 0 Å². The zero-order valence-corrected chi connectivity index (χ0v) is 26.7. The highest BCUT2D eigenvalue weighted by Crippen LogP contribution is 2.31. The number of carbonyl (C=O) groups excluding carboxylic acids is 1. The number of nitrogens with zero attached hydrogens (tertiary/aromatic N) is 2. The summed E-state index contributed by atoms with van der Waals surface area (Å²) < 4.78 is 6.02. The van der Waals surface area contributed by atoms with Crippen LogP contribution in [0.5, 0.6) is 11.5 Å². The molecule has 0 saturated carbocycles. The summed E-state index contributed by atoms with van der Waals surface area (Å²) in [4.78, 5) is 19.9. The lowest BCUT2D eigenvalue weighted by Crippen LogP contribution is -2.32. The Bertz CT molecular complexity index is 1390. The summed E-state index contributed by atoms with van der Waals surface area (Å²) in [6, 6.07) is 13.1. The van der Waals surface area contributed by atoms with Crippen LogP contribution in [0.2, 0.25) is 0 Å². The fourth-order valence-electron chi connectivity index (χ4n) is 6.05. The summed E-state index contributed by atoms with van der Waals surface area (Å²) in [6.45, 7) is 4.94. The Hall–Kier alpha value is -3.50. The van der Waals surface area contributed by atoms with Crippen LogP contribution in [0.15, 0.2) is 71.0 Å². The number of fused-ring (bicyclic) bond motifs is 1. The molecule has 9 heteroatoms. The predicted octanol–water partition coefficient (Wildman–Crippen LogP) is 5.04. The van der Waals surface area contributed by atoms with Crippen LogP contribution in [0.1, 0.15) is 88.1 Å². The van der Waals surface area contributed by atoms with Gasteiger partial charge in [-0.1, -0.05) is 69.9 Å². The molecule has 0 fully saturated rings. The number of aliphatic imine (C=N–C) groups is 1. The first-order valence-electron chi connectivity index (χ1n) is 16.3. The SMILES string of the molecule is CCCCCC(C(=O)CCc1ccc(O)c(OCN2C=C3C(Cc4cccc(C(N)N)c4)=CN=C3C2)c1)C(O)CC(O)CCC. The molecule has 2 aliphatic heterocycles. The van der Waals surface area contributed by atoms with Crippen LogP contribution in [-0.4, -0.2) is 57.2 Å². The molecule has 2 heterocycles. The van der Waals surface area contributed by atoms with Crippen LogP contribution in [-0.2, 0) is 17.6 Å². The van der Waals surface area contributed by atoms with Gasteiger partial charge in [0.05, 0.1) is 30.6 Å². The molecule has 2 aromatic rings. The molecule has 0 spiro atoms. The third-order valence-corrected chi connectivity index (χ3v) is 8.63. The number of phenolic OH excluding ortho intramolecular Hbond substituents is 1. The third kappa shape index (κ3) is 9.74. The zero-order chi connectivity index (χ0) is 32.3. The molecule has 4 rings (SSSR count). The molecule has 9 nitrogen and oxygen atoms in total. The molecule has 2 aliphatic rings. The van der Waals surface area contributed by atoms with Crippen LogP contribution in [0, 0.1) is 5.92 Å². The minimum absolute atomic E-state index is 0.00955. The first-order chi connectivity index (χ1) is 21.7. The molecular weight excluding hydrogens is 568 g/mol. The van der Waals surface area contributed by atoms with Crippen LogP contribution >= 0.6 is 0 Å². The van der Waals surface area contributed by atoms with E-state index in [-0.39, 0.29) is 31.1 Å². The van der Waals surface area contributed by atoms with E-state index in [0.29, 0.717) is 38.0 Å². The number of phenols is 1. The van der Waals surface area contributed by atoms with Gasteiger partial charge < -0.3 is 36.4 Å². The van der Waals surface area contributed by atoms with E-state index in [4.69, 9.17) is 16.2 Å². The van der Waals surface area contributed by atoms with Gasteiger partial charge in [0.15, 0.2) is 18.2 Å². The predicted molar refractivity (Wildman–Crippen MR) is 178 cm³/mol. The van der Waals surface area contributed by atoms with Crippen molar-refractivity contribution in [2.75, 3.05) is 13.3 Å². The lowest BCUT2D eigenvalue weighted by molar-refractivity contribution is -0.127. The van der Waals surface area contributed by atoms with Gasteiger partial charge in [-0.3, -0.25) is 9.79 Å². The van der Waals surface area contributed by atoms with Crippen LogP contribution in [0.25, 0.3) is 0 Å². The van der Waals surface area contributed by atoms with Crippen molar-refractivity contribution in [1.82, 2.24) is 4.90 Å². The molecule has 3 unspecified atom stereocenters. The van der Waals surface area contributed by atoms with E-state index < -0.39 is 24.3 Å². The topological polar surface area (TPSA) is 155 Å². The molecule has 0 aromatic heterocycles. The first-order valence-corrected chi connectivity index (χ1v) is 16.3. The monoisotopic (exact) mass is 618 g/mol. The van der Waals surface area contributed by atoms with Gasteiger partial charge in [0.25, 0.3) is 0 Å². The van der Waals surface area contributed by atoms with E-state index in [1.165, 1.54) is 0 Å². The molecule has 7 N–H and O–H groups in total. The number of aliphatic hydroxyl groups is 2. The number of hydrogen-bond donors (Lipinski definition) is 5. The molecule has 0 radical (unpaired) electrons. The van der Waals surface area contributed by atoms with Crippen molar-refractivity contribution in [2.24, 2.45) is 22.4 Å². The Labute approximate surface area is 267 Å². The normalized spacial score (nSPS) is 16.2. The van der Waals surface area contributed by atoms with Crippen molar-refractivity contribution in [3.8, 4) is 11.5 Å². The number of unbranched alkanes of at least 4 members (excludes halogenated alkanes) is 2. The number of Topliss-reactive ketones (excluding diaryl/α,β-unsaturated/α-hetero) is 1. The summed E-state index contributed by atoms with van der Waals surface area (Å²) in [5.74, 6) is -0.0889. The van der Waals surface area contributed by atoms with Crippen LogP contribution in [0.3, 0.4) is 0 Å². The summed E-state index contributed by atoms with van der Waals surface area (Å²) in [6.07, 6.45) is 8.64. The number of carbonyl (C=O) groups is 1. The number of aryl methyl sites for hydroxylation is 1. The lowest BCUT2D eigenvalue weighted by Gasteiger charge is -2.24. The van der Waals surface area contributed by atoms with Crippen molar-refractivity contribution < 1.29 is 24.9 Å². The van der Waals surface area contributed by atoms with Crippen molar-refractivity contribution in [3.63, 3.8) is 0 Å². The summed E-state index contributed by atoms with van der Waals surface area (Å²) in [5, 5.41) is 31.6. The van der Waals surface area contributed by atoms with Crippen molar-refractivity contribution >= 4 is 11.5 Å². The highest BCUT2D eigenvalue weighted by Gasteiger charge is 2.28. The molecule has 244 valence electrons. The molecule has 2 aromatic carbocycles. The standard InChI is InChI=1S/C36H50N4O5/c1-3-5-6-11-29(34(44)19-28(41)8-4-2)32(42)14-12-24-13-15-33(43)35(18-24)45-23-40-21-30-27(20-39-31(30)22-40)17-25-9-7-10-26(16-25)36(37)38/h7,9-10,13,15-16,18,20-21,28-29,34,36,41,43-44H,3-6,8,11-12,14,17,19,22-23,37-38H2,1-2H3. The molecule has 0 bridgehead atoms. The number of ether oxygens (including phenoxy) is 1. The molecule has 3 atom stereocenters. The molecule has 45 heavy (non-hydrogen) atoms. The maximum atomic E-state index is 13.3. The lowest BCUT2D eigenvalue weighted by atomic mass is 9.85. The van der Waals surface area contributed by atoms with E-state index in [1.54, 1.807) is 18.2 Å². The Kier molecular flexibility index (Phi) is 12.8. The molecular formula is C36H50N4O5. The number of allylic oxidation sites excluding steroid dienone is 1. The number of aromatic hydroxyl groups is 1. The van der Waals surface area contributed by atoms with Crippen molar-refractivity contribution in [1.29, 1.82) is 0 Å². The van der Waals surface area contributed by atoms with Gasteiger partial charge in [-0.25, -0.2) is 0 Å². The fraction of sp³-hybridized carbons (Fsp3) is 0.500. The third-order valence-electron chi connectivity index (χ3n) is 8.63. The Balaban J connectivity index is 1.32. The minimum atomic E-state index is -0.849. The molecule has 0 amide bonds. The number of ketones is 1. The summed E-state index contributed by atoms with van der Waals surface area (Å²) in [5.41, 5.74) is 17.7. The average molecular weight is 619 g/mol. The Morgan fingerprint density at radius 2 is 1.87 bits per heavy atom. The van der Waals surface area contributed by atoms with Gasteiger partial charge in [0.1, 0.15) is 5.78 Å². The van der Waals surface area contributed by atoms with Crippen molar-refractivity contribution in [3.05, 3.63) is 82.7 Å². The fourth-order valence-corrected chi connectivity index (χ4v) is 6.05. The maximum absolute atomic E-state index is 13.3. The Morgan fingerprint density at radius 1 is 1.04 bits per heavy atom. The van der Waals surface area contributed by atoms with E-state index in [1.807, 2.05) is 42.4 Å². The van der Waals surface area contributed by atoms with E-state index in [2.05, 4.69) is 18.0 Å². The molecule has 0 aliphatic carbocycles. The quantitative estimate of drug-likeness (QED) is 0.108. The summed E-state index contributed by atoms with van der Waals surface area (Å²) >= 11 is 0. The van der Waals surface area contributed by atoms with Gasteiger partial charge in [-0.2, -0.15) is 0 Å². The second kappa shape index (κ2) is 16.7. The van der Waals surface area contributed by atoms with Gasteiger partial charge in [-0.15, -0.1) is 0 Å². The smallest absolute Gasteiger partial charge is 0.163 e. The number of rotatable bonds is 19. The van der Waals surface area contributed by atoms with Crippen molar-refractivity contribution in [2.45, 2.75) is 96.4 Å². The number of benzene rings is 2. The second-order valence-electron chi connectivity index (χ2n) is 12.4. The highest BCUT2D eigenvalue weighted by molar-refractivity contribution is 6.09. The maximum Gasteiger partial charge on any atom is 0.163 e. The number of hydrogen-bond acceptors (Lipinski definition) is 9. The van der Waals surface area contributed by atoms with Gasteiger partial charge in [-0.05, 0) is 66.5 Å². The second-order valence-corrected chi connectivity index (χ2v) is 12.4. The molecule has 0 saturated heterocycles. The number of nitrogens with two attached hydrogens (primary N) is 2. The average Bonchev–Trinajstić information content (AvgIpc) is 3.59. The Morgan fingerprint density at radius 3 is 2.62 bits per heavy atom. The van der Waals surface area contributed by atoms with E-state index in [9.17, 15) is 20.1 Å². The van der Waals surface area contributed by atoms with Gasteiger partial charge in [0, 0.05) is 30.3 Å². The largest absolute Gasteiger partial charge is 0.504 e. The van der Waals surface area contributed by atoms with E-state index >= 15 is 0 Å². The highest BCUT2D eigenvalue weighted by atomic mass is 16.5. The minimum Gasteiger partial charge on any atom is -0.504 e. The van der Waals surface area contributed by atoms with Crippen LogP contribution in [0.4, 0.5) is 0 Å². The van der Waals surface area contributed by atoms with Crippen LogP contribution < -0.4 is 16.2 Å². The first kappa shape index (κ1) is 34.4. The number of aliphatic hydroxyl groups excluding tert-OH is 2. The zero-order valence-electron chi connectivity index (χ0n) is 26.7. The van der Waals surface area contributed by atoms with Gasteiger partial charge >= 0.3 is 0 Å². The van der Waals surface area contributed by atoms with E-state index in [0.717, 1.165) is 59.2 Å².